The summed E-state index contributed by atoms with van der Waals surface area (Å²) in [6.07, 6.45) is 8.55. The van der Waals surface area contributed by atoms with Gasteiger partial charge < -0.3 is 0 Å². The number of carbonyl (C=O) groups excluding carboxylic acids is 1. The van der Waals surface area contributed by atoms with Gasteiger partial charge in [-0.2, -0.15) is 0 Å². The molecule has 0 amide bonds. The monoisotopic (exact) mass is 391 g/mol. The number of halogens is 1. The van der Waals surface area contributed by atoms with Crippen LogP contribution in [-0.2, 0) is 0 Å². The number of hydrogen-bond donors (Lipinski definition) is 0. The standard InChI is InChI=1S/C24H26FN3O/c1-2-3-4-5-6-7-8-13-22(29)28-21-15-14-17(25)16-18(21)23-24(28)27-20-12-10-9-11-19(20)26-23/h9-12,14-16H,2-8,13H2,1H3. The lowest BCUT2D eigenvalue weighted by molar-refractivity contribution is 0.0908. The largest absolute Gasteiger partial charge is 0.274 e. The van der Waals surface area contributed by atoms with E-state index in [1.54, 1.807) is 10.6 Å². The third kappa shape index (κ3) is 4.00. The molecule has 4 nitrogen and oxygen atoms in total. The van der Waals surface area contributed by atoms with Gasteiger partial charge in [-0.3, -0.25) is 9.36 Å². The molecule has 150 valence electrons. The van der Waals surface area contributed by atoms with Crippen LogP contribution in [0.2, 0.25) is 0 Å². The maximum Gasteiger partial charge on any atom is 0.232 e. The Morgan fingerprint density at radius 2 is 1.62 bits per heavy atom. The Morgan fingerprint density at radius 1 is 0.931 bits per heavy atom. The zero-order valence-electron chi connectivity index (χ0n) is 16.8. The van der Waals surface area contributed by atoms with E-state index in [0.717, 1.165) is 30.3 Å². The van der Waals surface area contributed by atoms with E-state index >= 15 is 0 Å². The fourth-order valence-corrected chi connectivity index (χ4v) is 3.93. The molecule has 4 rings (SSSR count). The number of nitrogens with zero attached hydrogens (tertiary/aromatic N) is 3. The van der Waals surface area contributed by atoms with Gasteiger partial charge in [0.15, 0.2) is 5.65 Å². The fourth-order valence-electron chi connectivity index (χ4n) is 3.93. The normalized spacial score (nSPS) is 11.7. The molecule has 2 aromatic carbocycles. The molecule has 0 unspecified atom stereocenters. The molecule has 5 heteroatoms. The molecule has 0 saturated carbocycles. The molecular formula is C24H26FN3O. The van der Waals surface area contributed by atoms with Crippen molar-refractivity contribution in [2.45, 2.75) is 58.3 Å². The highest BCUT2D eigenvalue weighted by Crippen LogP contribution is 2.29. The number of aromatic nitrogens is 3. The van der Waals surface area contributed by atoms with Gasteiger partial charge in [-0.05, 0) is 36.8 Å². The van der Waals surface area contributed by atoms with Crippen LogP contribution in [0.3, 0.4) is 0 Å². The molecule has 29 heavy (non-hydrogen) atoms. The maximum atomic E-state index is 13.9. The van der Waals surface area contributed by atoms with E-state index in [4.69, 9.17) is 4.98 Å². The van der Waals surface area contributed by atoms with Crippen molar-refractivity contribution in [3.05, 3.63) is 48.3 Å². The zero-order chi connectivity index (χ0) is 20.2. The number of hydrogen-bond acceptors (Lipinski definition) is 3. The molecule has 0 saturated heterocycles. The van der Waals surface area contributed by atoms with E-state index in [1.807, 2.05) is 24.3 Å². The molecule has 2 heterocycles. The average molecular weight is 391 g/mol. The first-order valence-corrected chi connectivity index (χ1v) is 10.6. The smallest absolute Gasteiger partial charge is 0.232 e. The van der Waals surface area contributed by atoms with E-state index in [0.29, 0.717) is 28.5 Å². The third-order valence-corrected chi connectivity index (χ3v) is 5.46. The molecule has 0 aliphatic carbocycles. The summed E-state index contributed by atoms with van der Waals surface area (Å²) in [6, 6.07) is 12.0. The number of para-hydroxylation sites is 2. The van der Waals surface area contributed by atoms with Crippen molar-refractivity contribution in [1.82, 2.24) is 14.5 Å². The van der Waals surface area contributed by atoms with Crippen molar-refractivity contribution in [3.63, 3.8) is 0 Å². The number of unbranched alkanes of at least 4 members (excludes halogenated alkanes) is 6. The fraction of sp³-hybridized carbons (Fsp3) is 0.375. The Hall–Kier alpha value is -2.82. The second-order valence-corrected chi connectivity index (χ2v) is 7.65. The molecule has 0 N–H and O–H groups in total. The van der Waals surface area contributed by atoms with Gasteiger partial charge in [0.2, 0.25) is 5.91 Å². The van der Waals surface area contributed by atoms with Crippen LogP contribution in [-0.4, -0.2) is 20.4 Å². The molecule has 0 spiro atoms. The summed E-state index contributed by atoms with van der Waals surface area (Å²) in [5.74, 6) is -0.346. The van der Waals surface area contributed by atoms with Crippen molar-refractivity contribution in [3.8, 4) is 0 Å². The quantitative estimate of drug-likeness (QED) is 0.316. The van der Waals surface area contributed by atoms with E-state index in [9.17, 15) is 9.18 Å². The van der Waals surface area contributed by atoms with Crippen LogP contribution in [0, 0.1) is 5.82 Å². The number of fused-ring (bicyclic) bond motifs is 4. The Bertz CT molecular complexity index is 1170. The average Bonchev–Trinajstić information content (AvgIpc) is 3.04. The van der Waals surface area contributed by atoms with Crippen molar-refractivity contribution >= 4 is 39.0 Å². The highest BCUT2D eigenvalue weighted by Gasteiger charge is 2.19. The number of carbonyl (C=O) groups is 1. The van der Waals surface area contributed by atoms with Crippen molar-refractivity contribution in [2.75, 3.05) is 0 Å². The Kier molecular flexibility index (Phi) is 5.84. The first kappa shape index (κ1) is 19.5. The van der Waals surface area contributed by atoms with Crippen molar-refractivity contribution in [2.24, 2.45) is 0 Å². The second-order valence-electron chi connectivity index (χ2n) is 7.65. The topological polar surface area (TPSA) is 47.8 Å². The highest BCUT2D eigenvalue weighted by molar-refractivity contribution is 6.11. The van der Waals surface area contributed by atoms with E-state index in [1.165, 1.54) is 37.8 Å². The van der Waals surface area contributed by atoms with Gasteiger partial charge in [0, 0.05) is 11.8 Å². The van der Waals surface area contributed by atoms with Crippen LogP contribution < -0.4 is 0 Å². The Balaban J connectivity index is 1.65. The summed E-state index contributed by atoms with van der Waals surface area (Å²) in [5, 5.41) is 0.631. The van der Waals surface area contributed by atoms with Crippen LogP contribution in [0.4, 0.5) is 4.39 Å². The molecule has 0 bridgehead atoms. The predicted molar refractivity (Wildman–Crippen MR) is 116 cm³/mol. The van der Waals surface area contributed by atoms with Gasteiger partial charge in [0.1, 0.15) is 11.3 Å². The second kappa shape index (κ2) is 8.68. The lowest BCUT2D eigenvalue weighted by Gasteiger charge is -2.06. The van der Waals surface area contributed by atoms with Gasteiger partial charge in [0.05, 0.1) is 16.6 Å². The van der Waals surface area contributed by atoms with Gasteiger partial charge in [-0.15, -0.1) is 0 Å². The van der Waals surface area contributed by atoms with Crippen LogP contribution in [0.5, 0.6) is 0 Å². The minimum Gasteiger partial charge on any atom is -0.274 e. The summed E-state index contributed by atoms with van der Waals surface area (Å²) in [4.78, 5) is 22.5. The predicted octanol–water partition coefficient (Wildman–Crippen LogP) is 6.66. The number of rotatable bonds is 8. The van der Waals surface area contributed by atoms with E-state index in [-0.39, 0.29) is 11.7 Å². The molecular weight excluding hydrogens is 365 g/mol. The Morgan fingerprint density at radius 3 is 2.38 bits per heavy atom. The minimum atomic E-state index is -0.342. The molecule has 0 aliphatic rings. The zero-order valence-corrected chi connectivity index (χ0v) is 16.8. The maximum absolute atomic E-state index is 13.9. The number of benzene rings is 2. The molecule has 0 radical (unpaired) electrons. The summed E-state index contributed by atoms with van der Waals surface area (Å²) < 4.78 is 15.5. The van der Waals surface area contributed by atoms with Crippen LogP contribution >= 0.6 is 0 Å². The SMILES string of the molecule is CCCCCCCCCC(=O)n1c2ccc(F)cc2c2nc3ccccc3nc21. The lowest BCUT2D eigenvalue weighted by Crippen LogP contribution is -2.11. The first-order chi connectivity index (χ1) is 14.2. The van der Waals surface area contributed by atoms with Gasteiger partial charge >= 0.3 is 0 Å². The van der Waals surface area contributed by atoms with Crippen molar-refractivity contribution in [1.29, 1.82) is 0 Å². The minimum absolute atomic E-state index is 0.00486. The molecule has 0 aliphatic heterocycles. The van der Waals surface area contributed by atoms with Gasteiger partial charge in [-0.25, -0.2) is 14.4 Å². The Labute approximate surface area is 169 Å². The first-order valence-electron chi connectivity index (χ1n) is 10.6. The summed E-state index contributed by atoms with van der Waals surface area (Å²) in [6.45, 7) is 2.21. The summed E-state index contributed by atoms with van der Waals surface area (Å²) in [7, 11) is 0. The lowest BCUT2D eigenvalue weighted by atomic mass is 10.1. The van der Waals surface area contributed by atoms with Crippen molar-refractivity contribution < 1.29 is 9.18 Å². The summed E-state index contributed by atoms with van der Waals surface area (Å²) >= 11 is 0. The summed E-state index contributed by atoms with van der Waals surface area (Å²) in [5.41, 5.74) is 3.23. The molecule has 4 aromatic rings. The molecule has 0 fully saturated rings. The molecule has 2 aromatic heterocycles. The van der Waals surface area contributed by atoms with Crippen LogP contribution in [0.15, 0.2) is 42.5 Å². The van der Waals surface area contributed by atoms with Crippen LogP contribution in [0.1, 0.15) is 63.1 Å². The highest BCUT2D eigenvalue weighted by atomic mass is 19.1. The van der Waals surface area contributed by atoms with Gasteiger partial charge in [-0.1, -0.05) is 57.6 Å². The van der Waals surface area contributed by atoms with E-state index in [2.05, 4.69) is 11.9 Å². The third-order valence-electron chi connectivity index (χ3n) is 5.46. The molecule has 0 atom stereocenters. The van der Waals surface area contributed by atoms with E-state index < -0.39 is 0 Å². The van der Waals surface area contributed by atoms with Gasteiger partial charge in [0.25, 0.3) is 0 Å². The van der Waals surface area contributed by atoms with Crippen LogP contribution in [0.25, 0.3) is 33.1 Å².